The minimum Gasteiger partial charge on any atom is -0.380 e. The Bertz CT molecular complexity index is 474. The van der Waals surface area contributed by atoms with Crippen LogP contribution in [0, 0.1) is 5.41 Å². The van der Waals surface area contributed by atoms with Crippen LogP contribution in [0.2, 0.25) is 0 Å². The van der Waals surface area contributed by atoms with Crippen LogP contribution in [0.1, 0.15) is 32.8 Å². The fourth-order valence-electron chi connectivity index (χ4n) is 2.47. The zero-order chi connectivity index (χ0) is 15.8. The molecule has 1 aliphatic rings. The van der Waals surface area contributed by atoms with Crippen molar-refractivity contribution in [3.05, 3.63) is 35.9 Å². The molecule has 0 amide bonds. The third-order valence-corrected chi connectivity index (χ3v) is 3.96. The van der Waals surface area contributed by atoms with Gasteiger partial charge in [-0.15, -0.1) is 24.0 Å². The normalized spacial score (nSPS) is 17.6. The van der Waals surface area contributed by atoms with E-state index in [4.69, 9.17) is 9.73 Å². The number of hydrogen-bond acceptors (Lipinski definition) is 2. The molecule has 1 saturated heterocycles. The van der Waals surface area contributed by atoms with E-state index in [0.717, 1.165) is 45.1 Å². The number of aryl methyl sites for hydroxylation is 1. The highest BCUT2D eigenvalue weighted by atomic mass is 127. The summed E-state index contributed by atoms with van der Waals surface area (Å²) in [6.07, 6.45) is 2.18. The molecule has 2 rings (SSSR count). The van der Waals surface area contributed by atoms with Crippen molar-refractivity contribution in [3.63, 3.8) is 0 Å². The van der Waals surface area contributed by atoms with Gasteiger partial charge in [0.05, 0.1) is 19.8 Å². The third-order valence-electron chi connectivity index (χ3n) is 3.96. The first kappa shape index (κ1) is 20.2. The number of ether oxygens (including phenoxy) is 1. The maximum Gasteiger partial charge on any atom is 0.191 e. The summed E-state index contributed by atoms with van der Waals surface area (Å²) in [5.74, 6) is 0.913. The maximum absolute atomic E-state index is 5.29. The van der Waals surface area contributed by atoms with Gasteiger partial charge in [-0.2, -0.15) is 0 Å². The molecule has 23 heavy (non-hydrogen) atoms. The smallest absolute Gasteiger partial charge is 0.191 e. The van der Waals surface area contributed by atoms with Crippen LogP contribution in [0.25, 0.3) is 0 Å². The van der Waals surface area contributed by atoms with Crippen LogP contribution >= 0.6 is 24.0 Å². The Morgan fingerprint density at radius 3 is 2.57 bits per heavy atom. The van der Waals surface area contributed by atoms with Gasteiger partial charge in [0, 0.05) is 18.0 Å². The number of halogens is 1. The average molecular weight is 431 g/mol. The fraction of sp³-hybridized carbons (Fsp3) is 0.611. The number of rotatable bonds is 7. The number of hydrogen-bond donors (Lipinski definition) is 2. The molecule has 0 bridgehead atoms. The van der Waals surface area contributed by atoms with E-state index >= 15 is 0 Å². The maximum atomic E-state index is 5.29. The molecule has 130 valence electrons. The molecule has 5 heteroatoms. The van der Waals surface area contributed by atoms with Crippen molar-refractivity contribution < 1.29 is 4.74 Å². The lowest BCUT2D eigenvalue weighted by atomic mass is 9.89. The summed E-state index contributed by atoms with van der Waals surface area (Å²) in [7, 11) is 0. The molecule has 1 heterocycles. The lowest BCUT2D eigenvalue weighted by Gasteiger charge is -2.36. The molecule has 1 fully saturated rings. The monoisotopic (exact) mass is 431 g/mol. The van der Waals surface area contributed by atoms with Gasteiger partial charge >= 0.3 is 0 Å². The minimum atomic E-state index is 0. The number of benzene rings is 1. The summed E-state index contributed by atoms with van der Waals surface area (Å²) in [6, 6.07) is 11.0. The van der Waals surface area contributed by atoms with Crippen molar-refractivity contribution in [2.45, 2.75) is 39.7 Å². The molecular weight excluding hydrogens is 401 g/mol. The Morgan fingerprint density at radius 2 is 2.00 bits per heavy atom. The minimum absolute atomic E-state index is 0. The molecule has 0 saturated carbocycles. The van der Waals surface area contributed by atoms with E-state index in [1.807, 2.05) is 0 Å². The quantitative estimate of drug-likeness (QED) is 0.396. The number of guanidine groups is 1. The van der Waals surface area contributed by atoms with E-state index in [-0.39, 0.29) is 29.4 Å². The van der Waals surface area contributed by atoms with Crippen LogP contribution in [0.5, 0.6) is 0 Å². The molecule has 0 spiro atoms. The van der Waals surface area contributed by atoms with E-state index < -0.39 is 0 Å². The first-order chi connectivity index (χ1) is 10.6. The van der Waals surface area contributed by atoms with Gasteiger partial charge in [-0.05, 0) is 32.3 Å². The van der Waals surface area contributed by atoms with E-state index in [0.29, 0.717) is 6.04 Å². The Balaban J connectivity index is 0.00000264. The highest BCUT2D eigenvalue weighted by molar-refractivity contribution is 14.0. The second-order valence-electron chi connectivity index (χ2n) is 6.57. The highest BCUT2D eigenvalue weighted by Crippen LogP contribution is 2.26. The van der Waals surface area contributed by atoms with Gasteiger partial charge in [0.2, 0.25) is 0 Å². The van der Waals surface area contributed by atoms with Crippen molar-refractivity contribution in [2.75, 3.05) is 26.3 Å². The molecule has 4 nitrogen and oxygen atoms in total. The average Bonchev–Trinajstić information content (AvgIpc) is 2.50. The first-order valence-corrected chi connectivity index (χ1v) is 8.28. The van der Waals surface area contributed by atoms with Crippen LogP contribution in [-0.2, 0) is 11.2 Å². The molecule has 2 N–H and O–H groups in total. The van der Waals surface area contributed by atoms with Crippen molar-refractivity contribution in [2.24, 2.45) is 10.4 Å². The zero-order valence-electron chi connectivity index (χ0n) is 14.5. The first-order valence-electron chi connectivity index (χ1n) is 8.28. The second kappa shape index (κ2) is 10.1. The number of aliphatic imine (C=N–C) groups is 1. The van der Waals surface area contributed by atoms with Gasteiger partial charge in [-0.1, -0.05) is 37.3 Å². The van der Waals surface area contributed by atoms with Gasteiger partial charge in [-0.25, -0.2) is 0 Å². The lowest BCUT2D eigenvalue weighted by molar-refractivity contribution is -0.0945. The van der Waals surface area contributed by atoms with Crippen molar-refractivity contribution in [1.82, 2.24) is 10.6 Å². The summed E-state index contributed by atoms with van der Waals surface area (Å²) < 4.78 is 5.29. The SMILES string of the molecule is CCNC(=NCC1(C)COC1)NC(C)CCc1ccccc1.I. The van der Waals surface area contributed by atoms with Crippen molar-refractivity contribution >= 4 is 29.9 Å². The molecular formula is C18H30IN3O. The van der Waals surface area contributed by atoms with Crippen LogP contribution < -0.4 is 10.6 Å². The van der Waals surface area contributed by atoms with Crippen LogP contribution in [0.4, 0.5) is 0 Å². The molecule has 0 aliphatic carbocycles. The van der Waals surface area contributed by atoms with Crippen LogP contribution in [0.15, 0.2) is 35.3 Å². The molecule has 0 radical (unpaired) electrons. The number of nitrogens with one attached hydrogen (secondary N) is 2. The molecule has 0 aromatic heterocycles. The van der Waals surface area contributed by atoms with Gasteiger partial charge in [0.15, 0.2) is 5.96 Å². The standard InChI is InChI=1S/C18H29N3O.HI/c1-4-19-17(20-12-18(3)13-22-14-18)21-15(2)10-11-16-8-6-5-7-9-16;/h5-9,15H,4,10-14H2,1-3H3,(H2,19,20,21);1H. The molecule has 1 aliphatic heterocycles. The van der Waals surface area contributed by atoms with Gasteiger partial charge in [-0.3, -0.25) is 4.99 Å². The van der Waals surface area contributed by atoms with Crippen LogP contribution in [0.3, 0.4) is 0 Å². The summed E-state index contributed by atoms with van der Waals surface area (Å²) >= 11 is 0. The molecule has 1 atom stereocenters. The van der Waals surface area contributed by atoms with Gasteiger partial charge < -0.3 is 15.4 Å². The van der Waals surface area contributed by atoms with E-state index in [2.05, 4.69) is 61.7 Å². The van der Waals surface area contributed by atoms with Crippen LogP contribution in [-0.4, -0.2) is 38.3 Å². The zero-order valence-corrected chi connectivity index (χ0v) is 16.8. The predicted molar refractivity (Wildman–Crippen MR) is 108 cm³/mol. The van der Waals surface area contributed by atoms with E-state index in [1.54, 1.807) is 0 Å². The Kier molecular flexibility index (Phi) is 8.91. The molecule has 1 aromatic carbocycles. The van der Waals surface area contributed by atoms with E-state index in [9.17, 15) is 0 Å². The van der Waals surface area contributed by atoms with Gasteiger partial charge in [0.25, 0.3) is 0 Å². The van der Waals surface area contributed by atoms with Gasteiger partial charge in [0.1, 0.15) is 0 Å². The summed E-state index contributed by atoms with van der Waals surface area (Å²) in [6.45, 7) is 9.86. The molecule has 1 unspecified atom stereocenters. The Hall–Kier alpha value is -0.820. The third kappa shape index (κ3) is 7.08. The fourth-order valence-corrected chi connectivity index (χ4v) is 2.47. The number of nitrogens with zero attached hydrogens (tertiary/aromatic N) is 1. The summed E-state index contributed by atoms with van der Waals surface area (Å²) in [5.41, 5.74) is 1.60. The second-order valence-corrected chi connectivity index (χ2v) is 6.57. The molecule has 1 aromatic rings. The largest absolute Gasteiger partial charge is 0.380 e. The summed E-state index contributed by atoms with van der Waals surface area (Å²) in [5, 5.41) is 6.84. The summed E-state index contributed by atoms with van der Waals surface area (Å²) in [4.78, 5) is 4.72. The predicted octanol–water partition coefficient (Wildman–Crippen LogP) is 3.22. The van der Waals surface area contributed by atoms with E-state index in [1.165, 1.54) is 5.56 Å². The Morgan fingerprint density at radius 1 is 1.30 bits per heavy atom. The lowest BCUT2D eigenvalue weighted by Crippen LogP contribution is -2.46. The Labute approximate surface area is 157 Å². The topological polar surface area (TPSA) is 45.7 Å². The highest BCUT2D eigenvalue weighted by Gasteiger charge is 2.33. The van der Waals surface area contributed by atoms with Crippen molar-refractivity contribution in [3.8, 4) is 0 Å². The van der Waals surface area contributed by atoms with Crippen molar-refractivity contribution in [1.29, 1.82) is 0 Å².